The highest BCUT2D eigenvalue weighted by molar-refractivity contribution is 5.25. The Kier molecular flexibility index (Phi) is 8.51. The van der Waals surface area contributed by atoms with E-state index >= 15 is 0 Å². The molecule has 0 bridgehead atoms. The first-order valence-electron chi connectivity index (χ1n) is 11.2. The van der Waals surface area contributed by atoms with Crippen LogP contribution in [-0.2, 0) is 6.42 Å². The number of hydrogen-bond donors (Lipinski definition) is 1. The van der Waals surface area contributed by atoms with Crippen LogP contribution < -0.4 is 0 Å². The third kappa shape index (κ3) is 7.72. The first-order valence-corrected chi connectivity index (χ1v) is 11.2. The number of aromatic hydroxyl groups is 1. The van der Waals surface area contributed by atoms with E-state index in [0.717, 1.165) is 24.2 Å². The number of hydrogen-bond acceptors (Lipinski definition) is 1. The minimum atomic E-state index is 0.364. The fourth-order valence-electron chi connectivity index (χ4n) is 4.37. The third-order valence-electron chi connectivity index (χ3n) is 6.47. The molecule has 3 rings (SSSR count). The molecule has 2 aliphatic rings. The van der Waals surface area contributed by atoms with Gasteiger partial charge < -0.3 is 5.11 Å². The van der Waals surface area contributed by atoms with Crippen LogP contribution in [0.3, 0.4) is 0 Å². The molecule has 0 saturated heterocycles. The molecular weight excluding hydrogens is 316 g/mol. The van der Waals surface area contributed by atoms with Crippen LogP contribution in [-0.4, -0.2) is 5.11 Å². The van der Waals surface area contributed by atoms with E-state index in [2.05, 4.69) is 27.7 Å². The van der Waals surface area contributed by atoms with Crippen molar-refractivity contribution in [2.24, 2.45) is 23.2 Å². The topological polar surface area (TPSA) is 20.2 Å². The predicted molar refractivity (Wildman–Crippen MR) is 114 cm³/mol. The maximum Gasteiger partial charge on any atom is 0.115 e. The highest BCUT2D eigenvalue weighted by Gasteiger charge is 2.48. The molecule has 148 valence electrons. The van der Waals surface area contributed by atoms with Crippen LogP contribution in [0, 0.1) is 23.2 Å². The predicted octanol–water partition coefficient (Wildman–Crippen LogP) is 7.76. The highest BCUT2D eigenvalue weighted by Crippen LogP contribution is 2.58. The molecule has 0 aromatic heterocycles. The summed E-state index contributed by atoms with van der Waals surface area (Å²) in [6.45, 7) is 9.43. The molecule has 0 heterocycles. The molecule has 0 radical (unpaired) electrons. The SMILES string of the molecule is CC(C)(C)C1CC2CC2C1.CCCCCCCCCc1ccc(O)cc1. The van der Waals surface area contributed by atoms with Gasteiger partial charge in [0, 0.05) is 0 Å². The van der Waals surface area contributed by atoms with Crippen molar-refractivity contribution in [3.05, 3.63) is 29.8 Å². The van der Waals surface area contributed by atoms with E-state index in [1.807, 2.05) is 12.1 Å². The summed E-state index contributed by atoms with van der Waals surface area (Å²) in [6, 6.07) is 7.59. The largest absolute Gasteiger partial charge is 0.508 e. The summed E-state index contributed by atoms with van der Waals surface area (Å²) in [5, 5.41) is 9.15. The van der Waals surface area contributed by atoms with E-state index in [4.69, 9.17) is 5.11 Å². The number of aryl methyl sites for hydroxylation is 1. The van der Waals surface area contributed by atoms with Crippen LogP contribution >= 0.6 is 0 Å². The molecule has 1 aromatic rings. The molecule has 2 aliphatic carbocycles. The van der Waals surface area contributed by atoms with Crippen LogP contribution in [0.4, 0.5) is 0 Å². The lowest BCUT2D eigenvalue weighted by molar-refractivity contribution is 0.227. The molecule has 0 spiro atoms. The van der Waals surface area contributed by atoms with E-state index < -0.39 is 0 Å². The summed E-state index contributed by atoms with van der Waals surface area (Å²) in [7, 11) is 0. The van der Waals surface area contributed by atoms with Crippen molar-refractivity contribution in [2.75, 3.05) is 0 Å². The van der Waals surface area contributed by atoms with Crippen molar-refractivity contribution in [3.63, 3.8) is 0 Å². The van der Waals surface area contributed by atoms with Crippen LogP contribution in [0.1, 0.15) is 97.5 Å². The molecule has 2 fully saturated rings. The summed E-state index contributed by atoms with van der Waals surface area (Å²) >= 11 is 0. The van der Waals surface area contributed by atoms with Gasteiger partial charge in [-0.3, -0.25) is 0 Å². The molecule has 1 aromatic carbocycles. The second-order valence-corrected chi connectivity index (χ2v) is 9.83. The molecule has 0 aliphatic heterocycles. The summed E-state index contributed by atoms with van der Waals surface area (Å²) in [4.78, 5) is 0. The lowest BCUT2D eigenvalue weighted by atomic mass is 9.78. The van der Waals surface area contributed by atoms with Crippen molar-refractivity contribution < 1.29 is 5.11 Å². The maximum atomic E-state index is 9.15. The quantitative estimate of drug-likeness (QED) is 0.471. The second-order valence-electron chi connectivity index (χ2n) is 9.83. The van der Waals surface area contributed by atoms with E-state index in [-0.39, 0.29) is 0 Å². The summed E-state index contributed by atoms with van der Waals surface area (Å²) in [5.74, 6) is 3.72. The van der Waals surface area contributed by atoms with Gasteiger partial charge in [-0.1, -0.05) is 78.4 Å². The number of benzene rings is 1. The molecule has 2 unspecified atom stereocenters. The van der Waals surface area contributed by atoms with Crippen molar-refractivity contribution in [1.82, 2.24) is 0 Å². The number of phenols is 1. The standard InChI is InChI=1S/C15H24O.C10H18/c1-2-3-4-5-6-7-8-9-14-10-12-15(16)13-11-14;1-10(2,3)9-5-7-4-8(7)6-9/h10-13,16H,2-9H2,1H3;7-9H,4-6H2,1-3H3. The molecule has 1 heteroatoms. The molecule has 1 N–H and O–H groups in total. The van der Waals surface area contributed by atoms with Crippen molar-refractivity contribution >= 4 is 0 Å². The van der Waals surface area contributed by atoms with Gasteiger partial charge in [-0.2, -0.15) is 0 Å². The summed E-state index contributed by atoms with van der Waals surface area (Å²) in [6.07, 6.45) is 15.3. The Bertz CT molecular complexity index is 486. The zero-order valence-electron chi connectivity index (χ0n) is 17.8. The van der Waals surface area contributed by atoms with Crippen molar-refractivity contribution in [3.8, 4) is 5.75 Å². The molecule has 2 atom stereocenters. The first-order chi connectivity index (χ1) is 12.4. The van der Waals surface area contributed by atoms with Gasteiger partial charge in [0.25, 0.3) is 0 Å². The average molecular weight is 359 g/mol. The molecule has 2 saturated carbocycles. The highest BCUT2D eigenvalue weighted by atomic mass is 16.3. The van der Waals surface area contributed by atoms with E-state index in [9.17, 15) is 0 Å². The Morgan fingerprint density at radius 3 is 1.85 bits per heavy atom. The van der Waals surface area contributed by atoms with Gasteiger partial charge in [0.2, 0.25) is 0 Å². The Balaban J connectivity index is 0.000000206. The minimum Gasteiger partial charge on any atom is -0.508 e. The maximum absolute atomic E-state index is 9.15. The van der Waals surface area contributed by atoms with Gasteiger partial charge in [-0.05, 0) is 73.0 Å². The van der Waals surface area contributed by atoms with Crippen LogP contribution in [0.25, 0.3) is 0 Å². The van der Waals surface area contributed by atoms with Crippen molar-refractivity contribution in [1.29, 1.82) is 0 Å². The van der Waals surface area contributed by atoms with Gasteiger partial charge in [0.15, 0.2) is 0 Å². The summed E-state index contributed by atoms with van der Waals surface area (Å²) in [5.41, 5.74) is 1.93. The number of fused-ring (bicyclic) bond motifs is 1. The van der Waals surface area contributed by atoms with Crippen LogP contribution in [0.15, 0.2) is 24.3 Å². The zero-order chi connectivity index (χ0) is 19.0. The Hall–Kier alpha value is -0.980. The smallest absolute Gasteiger partial charge is 0.115 e. The minimum absolute atomic E-state index is 0.364. The van der Waals surface area contributed by atoms with Gasteiger partial charge in [-0.25, -0.2) is 0 Å². The first kappa shape index (κ1) is 21.3. The Morgan fingerprint density at radius 2 is 1.35 bits per heavy atom. The average Bonchev–Trinajstić information content (AvgIpc) is 3.21. The fraction of sp³-hybridized carbons (Fsp3) is 0.760. The van der Waals surface area contributed by atoms with Crippen LogP contribution in [0.2, 0.25) is 0 Å². The van der Waals surface area contributed by atoms with Gasteiger partial charge in [0.1, 0.15) is 5.75 Å². The number of phenolic OH excluding ortho intramolecular Hbond substituents is 1. The fourth-order valence-corrected chi connectivity index (χ4v) is 4.37. The molecule has 1 nitrogen and oxygen atoms in total. The monoisotopic (exact) mass is 358 g/mol. The van der Waals surface area contributed by atoms with Gasteiger partial charge >= 0.3 is 0 Å². The van der Waals surface area contributed by atoms with Gasteiger partial charge in [-0.15, -0.1) is 0 Å². The van der Waals surface area contributed by atoms with Crippen LogP contribution in [0.5, 0.6) is 5.75 Å². The zero-order valence-corrected chi connectivity index (χ0v) is 17.8. The Morgan fingerprint density at radius 1 is 0.808 bits per heavy atom. The lowest BCUT2D eigenvalue weighted by Crippen LogP contribution is -2.18. The lowest BCUT2D eigenvalue weighted by Gasteiger charge is -2.27. The third-order valence-corrected chi connectivity index (χ3v) is 6.47. The van der Waals surface area contributed by atoms with E-state index in [1.54, 1.807) is 18.6 Å². The Labute approximate surface area is 162 Å². The van der Waals surface area contributed by atoms with E-state index in [1.165, 1.54) is 63.4 Å². The molecule has 26 heavy (non-hydrogen) atoms. The number of rotatable bonds is 8. The van der Waals surface area contributed by atoms with E-state index in [0.29, 0.717) is 11.2 Å². The van der Waals surface area contributed by atoms with Crippen molar-refractivity contribution in [2.45, 2.75) is 98.3 Å². The normalized spacial score (nSPS) is 23.9. The molecule has 0 amide bonds. The second kappa shape index (κ2) is 10.4. The summed E-state index contributed by atoms with van der Waals surface area (Å²) < 4.78 is 0. The van der Waals surface area contributed by atoms with Gasteiger partial charge in [0.05, 0.1) is 0 Å². The number of unbranched alkanes of at least 4 members (excludes halogenated alkanes) is 6. The molecular formula is C25H42O.